The number of halogens is 2. The minimum Gasteiger partial charge on any atom is -0.456 e. The number of benzene rings is 3. The molecule has 0 saturated heterocycles. The summed E-state index contributed by atoms with van der Waals surface area (Å²) in [6.45, 7) is 0. The molecule has 1 atom stereocenters. The molecule has 4 nitrogen and oxygen atoms in total. The molecule has 8 heteroatoms. The van der Waals surface area contributed by atoms with Crippen LogP contribution in [0.25, 0.3) is 11.3 Å². The van der Waals surface area contributed by atoms with Gasteiger partial charge >= 0.3 is 0 Å². The lowest BCUT2D eigenvalue weighted by atomic mass is 9.83. The van der Waals surface area contributed by atoms with Gasteiger partial charge in [-0.25, -0.2) is 22.3 Å². The van der Waals surface area contributed by atoms with E-state index in [0.29, 0.717) is 33.8 Å². The van der Waals surface area contributed by atoms with Crippen LogP contribution in [0.5, 0.6) is 5.75 Å². The standard InChI is InChI=1S/C22H15F2NO3S2/c23-15-5-1-13(2-6-15)21-19(12-29)18-11-16(24)7-10-20(18)28-22(21)14-3-8-17(9-4-14)30(25,26)27/h1-12,19H,(H2,25,26,27). The normalized spacial score (nSPS) is 16.0. The highest BCUT2D eigenvalue weighted by molar-refractivity contribution is 7.89. The molecule has 0 amide bonds. The average Bonchev–Trinajstić information content (AvgIpc) is 2.72. The minimum atomic E-state index is -3.85. The lowest BCUT2D eigenvalue weighted by molar-refractivity contribution is 0.496. The predicted molar refractivity (Wildman–Crippen MR) is 114 cm³/mol. The molecule has 1 unspecified atom stereocenters. The van der Waals surface area contributed by atoms with Crippen LogP contribution < -0.4 is 9.88 Å². The van der Waals surface area contributed by atoms with E-state index >= 15 is 0 Å². The molecule has 1 aliphatic heterocycles. The van der Waals surface area contributed by atoms with Gasteiger partial charge in [-0.2, -0.15) is 0 Å². The van der Waals surface area contributed by atoms with Crippen LogP contribution in [0, 0.1) is 11.6 Å². The number of hydrogen-bond donors (Lipinski definition) is 1. The first kappa shape index (κ1) is 20.3. The lowest BCUT2D eigenvalue weighted by Gasteiger charge is -2.29. The summed E-state index contributed by atoms with van der Waals surface area (Å²) >= 11 is 5.26. The number of fused-ring (bicyclic) bond motifs is 1. The summed E-state index contributed by atoms with van der Waals surface area (Å²) < 4.78 is 56.7. The zero-order valence-electron chi connectivity index (χ0n) is 15.4. The Kier molecular flexibility index (Phi) is 5.23. The van der Waals surface area contributed by atoms with Crippen molar-refractivity contribution in [1.29, 1.82) is 0 Å². The Morgan fingerprint density at radius 1 is 0.900 bits per heavy atom. The molecular weight excluding hydrogens is 428 g/mol. The zero-order valence-corrected chi connectivity index (χ0v) is 17.0. The second kappa shape index (κ2) is 7.71. The molecule has 30 heavy (non-hydrogen) atoms. The number of nitrogens with two attached hydrogens (primary N) is 1. The van der Waals surface area contributed by atoms with Crippen molar-refractivity contribution in [2.45, 2.75) is 10.8 Å². The van der Waals surface area contributed by atoms with E-state index in [9.17, 15) is 17.2 Å². The Labute approximate surface area is 177 Å². The van der Waals surface area contributed by atoms with Crippen LogP contribution in [0.15, 0.2) is 71.6 Å². The number of sulfonamides is 1. The number of primary sulfonamides is 1. The summed E-state index contributed by atoms with van der Waals surface area (Å²) in [6, 6.07) is 15.8. The molecule has 0 aromatic heterocycles. The molecule has 0 radical (unpaired) electrons. The second-order valence-corrected chi connectivity index (χ2v) is 8.55. The summed E-state index contributed by atoms with van der Waals surface area (Å²) in [5, 5.41) is 6.68. The summed E-state index contributed by atoms with van der Waals surface area (Å²) in [7, 11) is -3.85. The minimum absolute atomic E-state index is 0.0418. The number of allylic oxidation sites excluding steroid dienone is 1. The number of ether oxygens (including phenoxy) is 1. The molecule has 152 valence electrons. The van der Waals surface area contributed by atoms with Crippen molar-refractivity contribution in [3.8, 4) is 5.75 Å². The largest absolute Gasteiger partial charge is 0.456 e. The molecule has 0 fully saturated rings. The van der Waals surface area contributed by atoms with Crippen LogP contribution in [0.2, 0.25) is 0 Å². The van der Waals surface area contributed by atoms with Gasteiger partial charge in [0.15, 0.2) is 0 Å². The molecule has 1 aliphatic rings. The third-order valence-electron chi connectivity index (χ3n) is 4.81. The Bertz CT molecular complexity index is 1270. The summed E-state index contributed by atoms with van der Waals surface area (Å²) in [6.07, 6.45) is 0. The smallest absolute Gasteiger partial charge is 0.238 e. The summed E-state index contributed by atoms with van der Waals surface area (Å²) in [4.78, 5) is -0.0418. The van der Waals surface area contributed by atoms with Crippen molar-refractivity contribution < 1.29 is 21.9 Å². The maximum Gasteiger partial charge on any atom is 0.238 e. The van der Waals surface area contributed by atoms with Crippen molar-refractivity contribution in [2.24, 2.45) is 5.14 Å². The fourth-order valence-corrected chi connectivity index (χ4v) is 4.21. The Hall–Kier alpha value is -2.94. The number of thiocarbonyl (C=S) groups is 1. The number of rotatable bonds is 4. The van der Waals surface area contributed by atoms with Gasteiger partial charge in [-0.05, 0) is 65.5 Å². The molecule has 0 saturated carbocycles. The highest BCUT2D eigenvalue weighted by Gasteiger charge is 2.30. The van der Waals surface area contributed by atoms with Crippen LogP contribution in [0.3, 0.4) is 0 Å². The molecule has 3 aromatic rings. The van der Waals surface area contributed by atoms with Gasteiger partial charge in [-0.1, -0.05) is 24.4 Å². The second-order valence-electron chi connectivity index (χ2n) is 6.72. The van der Waals surface area contributed by atoms with E-state index in [1.165, 1.54) is 47.8 Å². The SMILES string of the molecule is NS(=O)(=O)c1ccc(C2=C(c3ccc(F)cc3)C(C=S)c3cc(F)ccc3O2)cc1. The van der Waals surface area contributed by atoms with Gasteiger partial charge in [0.05, 0.1) is 4.90 Å². The maximum absolute atomic E-state index is 13.9. The van der Waals surface area contributed by atoms with Gasteiger partial charge in [0.25, 0.3) is 0 Å². The first-order chi connectivity index (χ1) is 14.3. The summed E-state index contributed by atoms with van der Waals surface area (Å²) in [5.74, 6) is -0.497. The van der Waals surface area contributed by atoms with Crippen molar-refractivity contribution >= 4 is 38.9 Å². The first-order valence-corrected chi connectivity index (χ1v) is 10.9. The third-order valence-corrected chi connectivity index (χ3v) is 6.01. The Morgan fingerprint density at radius 2 is 1.50 bits per heavy atom. The van der Waals surface area contributed by atoms with Crippen LogP contribution in [0.4, 0.5) is 8.78 Å². The predicted octanol–water partition coefficient (Wildman–Crippen LogP) is 4.66. The first-order valence-electron chi connectivity index (χ1n) is 8.84. The molecule has 0 bridgehead atoms. The molecule has 2 N–H and O–H groups in total. The van der Waals surface area contributed by atoms with Crippen molar-refractivity contribution in [3.63, 3.8) is 0 Å². The molecule has 3 aromatic carbocycles. The van der Waals surface area contributed by atoms with Crippen LogP contribution in [-0.4, -0.2) is 13.8 Å². The van der Waals surface area contributed by atoms with Gasteiger partial charge in [-0.3, -0.25) is 0 Å². The molecular formula is C22H15F2NO3S2. The van der Waals surface area contributed by atoms with E-state index in [-0.39, 0.29) is 4.90 Å². The fourth-order valence-electron chi connectivity index (χ4n) is 3.41. The van der Waals surface area contributed by atoms with Crippen molar-refractivity contribution in [3.05, 3.63) is 95.1 Å². The molecule has 4 rings (SSSR count). The van der Waals surface area contributed by atoms with E-state index in [4.69, 9.17) is 22.1 Å². The molecule has 0 spiro atoms. The van der Waals surface area contributed by atoms with Crippen LogP contribution >= 0.6 is 12.2 Å². The van der Waals surface area contributed by atoms with Gasteiger partial charge in [0.2, 0.25) is 10.0 Å². The van der Waals surface area contributed by atoms with Crippen molar-refractivity contribution in [1.82, 2.24) is 0 Å². The molecule has 1 heterocycles. The van der Waals surface area contributed by atoms with Gasteiger partial charge < -0.3 is 4.74 Å². The Balaban J connectivity index is 1.95. The van der Waals surface area contributed by atoms with E-state index in [2.05, 4.69) is 0 Å². The van der Waals surface area contributed by atoms with Gasteiger partial charge in [-0.15, -0.1) is 0 Å². The monoisotopic (exact) mass is 443 g/mol. The topological polar surface area (TPSA) is 69.4 Å². The van der Waals surface area contributed by atoms with E-state index in [0.717, 1.165) is 0 Å². The highest BCUT2D eigenvalue weighted by Crippen LogP contribution is 2.46. The van der Waals surface area contributed by atoms with Crippen LogP contribution in [0.1, 0.15) is 22.6 Å². The van der Waals surface area contributed by atoms with E-state index in [1.54, 1.807) is 24.3 Å². The fraction of sp³-hybridized carbons (Fsp3) is 0.0455. The van der Waals surface area contributed by atoms with Crippen molar-refractivity contribution in [2.75, 3.05) is 0 Å². The molecule has 0 aliphatic carbocycles. The van der Waals surface area contributed by atoms with Gasteiger partial charge in [0.1, 0.15) is 23.1 Å². The lowest BCUT2D eigenvalue weighted by Crippen LogP contribution is -2.16. The zero-order chi connectivity index (χ0) is 21.5. The van der Waals surface area contributed by atoms with E-state index in [1.807, 2.05) is 0 Å². The van der Waals surface area contributed by atoms with Gasteiger partial charge in [0, 0.05) is 22.6 Å². The summed E-state index contributed by atoms with van der Waals surface area (Å²) in [5.41, 5.74) is 2.38. The maximum atomic E-state index is 13.9. The quantitative estimate of drug-likeness (QED) is 0.596. The number of hydrogen-bond acceptors (Lipinski definition) is 4. The highest BCUT2D eigenvalue weighted by atomic mass is 32.2. The Morgan fingerprint density at radius 3 is 2.10 bits per heavy atom. The van der Waals surface area contributed by atoms with E-state index < -0.39 is 27.6 Å². The van der Waals surface area contributed by atoms with Crippen LogP contribution in [-0.2, 0) is 10.0 Å². The third kappa shape index (κ3) is 3.77. The average molecular weight is 443 g/mol.